The molecule has 0 fully saturated rings. The minimum absolute atomic E-state index is 0.0335. The number of rotatable bonds is 0. The van der Waals surface area contributed by atoms with Crippen LogP contribution < -0.4 is 47.4 Å². The van der Waals surface area contributed by atoms with E-state index in [9.17, 15) is 4.79 Å². The summed E-state index contributed by atoms with van der Waals surface area (Å²) in [6.45, 7) is 0. The molecule has 0 saturated heterocycles. The molecule has 5 aromatic heterocycles. The Labute approximate surface area is 296 Å². The van der Waals surface area contributed by atoms with E-state index >= 15 is 0 Å². The second kappa shape index (κ2) is 10.2. The molecule has 0 radical (unpaired) electrons. The fourth-order valence-corrected chi connectivity index (χ4v) is 9.03. The van der Waals surface area contributed by atoms with E-state index in [0.717, 1.165) is 94.2 Å². The van der Waals surface area contributed by atoms with Crippen LogP contribution in [0.4, 0.5) is 0 Å². The number of fused-ring (bicyclic) bond motifs is 16. The Morgan fingerprint density at radius 2 is 1.23 bits per heavy atom. The Hall–Kier alpha value is -6.61. The fourth-order valence-electron chi connectivity index (χ4n) is 9.03. The van der Waals surface area contributed by atoms with Crippen molar-refractivity contribution in [2.24, 2.45) is 9.98 Å². The maximum atomic E-state index is 14.3. The van der Waals surface area contributed by atoms with Gasteiger partial charge in [0.05, 0.1) is 35.5 Å². The maximum Gasteiger partial charge on any atom is 0.145 e. The third-order valence-corrected chi connectivity index (χ3v) is 11.2. The predicted molar refractivity (Wildman–Crippen MR) is 202 cm³/mol. The average Bonchev–Trinajstić information content (AvgIpc) is 3.97. The number of carbonyl (C=O) groups excluding carboxylic acids is 1. The van der Waals surface area contributed by atoms with Gasteiger partial charge in [-0.1, -0.05) is 53.7 Å². The summed E-state index contributed by atoms with van der Waals surface area (Å²) in [7, 11) is 0. The molecule has 0 spiro atoms. The van der Waals surface area contributed by atoms with Crippen molar-refractivity contribution in [2.75, 3.05) is 0 Å². The number of aromatic amines is 3. The van der Waals surface area contributed by atoms with Crippen LogP contribution in [0.25, 0.3) is 42.5 Å². The second-order valence-electron chi connectivity index (χ2n) is 14.5. The summed E-state index contributed by atoms with van der Waals surface area (Å²) in [6.07, 6.45) is 27.8. The van der Waals surface area contributed by atoms with Crippen LogP contribution in [-0.2, 0) is 4.79 Å². The first-order valence-electron chi connectivity index (χ1n) is 17.8. The van der Waals surface area contributed by atoms with E-state index in [1.54, 1.807) is 0 Å². The van der Waals surface area contributed by atoms with Crippen molar-refractivity contribution in [3.05, 3.63) is 156 Å². The lowest BCUT2D eigenvalue weighted by Crippen LogP contribution is -2.39. The first kappa shape index (κ1) is 28.1. The quantitative estimate of drug-likeness (QED) is 0.192. The number of aromatic nitrogens is 5. The van der Waals surface area contributed by atoms with Crippen LogP contribution in [0.5, 0.6) is 0 Å². The summed E-state index contributed by atoms with van der Waals surface area (Å²) in [5.74, 6) is -0.495. The zero-order chi connectivity index (χ0) is 34.1. The van der Waals surface area contributed by atoms with Gasteiger partial charge in [0, 0.05) is 51.5 Å². The summed E-state index contributed by atoms with van der Waals surface area (Å²) in [5, 5.41) is 8.96. The van der Waals surface area contributed by atoms with Crippen molar-refractivity contribution in [2.45, 2.75) is 36.4 Å². The number of hydrogen-bond acceptors (Lipinski definition) is 4. The standard InChI is InChI=1S/C43H30N8O/c52-38-20-31-39-34-16-27-6-3-23(45-27)13-21-1-2-22(44-21)14-24-4-8-29(46-24)18-36(50-34)41(39)43(38)42-37-19-30-10-12-33(49-30)32-11-9-26(48-32)15-25-5-7-28(47-25)17-35(51-37)40(31)42/h1-19,24,31-33,43H,20H2,(H4-2,44,45,46,47,48,49,50,51)/q-2/b22-14-. The van der Waals surface area contributed by atoms with E-state index in [1.807, 2.05) is 6.08 Å². The molecule has 0 aromatic carbocycles. The SMILES string of the molecule is O=C1CC2c3c(c4[n-]c3=Cc3ccc([nH]3)/C=c3/cc/c([nH]3)=C/C3C=CC(=N3)C=4)C1c1c2c2[n-]c1=CC1=NC(C=C1)C1C=CC(=Cc3ccc([nH]3)C=2)N1. The van der Waals surface area contributed by atoms with E-state index in [-0.39, 0.29) is 29.8 Å². The van der Waals surface area contributed by atoms with E-state index in [4.69, 9.17) is 20.0 Å². The highest BCUT2D eigenvalue weighted by Gasteiger charge is 2.43. The minimum atomic E-state index is -0.499. The first-order valence-corrected chi connectivity index (χ1v) is 17.8. The minimum Gasteiger partial charge on any atom is -0.657 e. The molecule has 5 aromatic rings. The van der Waals surface area contributed by atoms with Crippen LogP contribution in [0, 0.1) is 0 Å². The van der Waals surface area contributed by atoms with Gasteiger partial charge in [-0.25, -0.2) is 0 Å². The van der Waals surface area contributed by atoms with Crippen LogP contribution >= 0.6 is 0 Å². The molecule has 0 amide bonds. The van der Waals surface area contributed by atoms with Gasteiger partial charge in [-0.15, -0.1) is 21.4 Å². The topological polar surface area (TPSA) is 129 Å². The van der Waals surface area contributed by atoms with Gasteiger partial charge in [0.15, 0.2) is 0 Å². The monoisotopic (exact) mass is 674 g/mol. The van der Waals surface area contributed by atoms with Crippen molar-refractivity contribution in [3.8, 4) is 0 Å². The fraction of sp³-hybridized carbons (Fsp3) is 0.140. The third-order valence-electron chi connectivity index (χ3n) is 11.2. The van der Waals surface area contributed by atoms with Gasteiger partial charge in [-0.05, 0) is 84.0 Å². The molecule has 3 aliphatic carbocycles. The van der Waals surface area contributed by atoms with Crippen molar-refractivity contribution >= 4 is 59.7 Å². The Kier molecular flexibility index (Phi) is 5.53. The molecule has 10 heterocycles. The molecule has 13 rings (SSSR count). The molecule has 5 unspecified atom stereocenters. The number of nitrogens with zero attached hydrogens (tertiary/aromatic N) is 4. The number of carbonyl (C=O) groups is 1. The number of aliphatic imine (C=N–C) groups is 2. The van der Waals surface area contributed by atoms with Gasteiger partial charge in [0.25, 0.3) is 0 Å². The van der Waals surface area contributed by atoms with Crippen LogP contribution in [-0.4, -0.2) is 50.3 Å². The van der Waals surface area contributed by atoms with Gasteiger partial charge >= 0.3 is 0 Å². The van der Waals surface area contributed by atoms with Crippen LogP contribution in [0.3, 0.4) is 0 Å². The van der Waals surface area contributed by atoms with Gasteiger partial charge in [0.2, 0.25) is 0 Å². The molecular formula is C43H30N8O-2. The molecular weight excluding hydrogens is 645 g/mol. The largest absolute Gasteiger partial charge is 0.657 e. The van der Waals surface area contributed by atoms with E-state index < -0.39 is 5.92 Å². The summed E-state index contributed by atoms with van der Waals surface area (Å²) >= 11 is 0. The van der Waals surface area contributed by atoms with Crippen LogP contribution in [0.1, 0.15) is 63.3 Å². The van der Waals surface area contributed by atoms with Crippen LogP contribution in [0.15, 0.2) is 88.5 Å². The summed E-state index contributed by atoms with van der Waals surface area (Å²) in [4.78, 5) is 45.7. The lowest BCUT2D eigenvalue weighted by molar-refractivity contribution is -0.120. The molecule has 5 atom stereocenters. The van der Waals surface area contributed by atoms with Crippen LogP contribution in [0.2, 0.25) is 0 Å². The van der Waals surface area contributed by atoms with Crippen molar-refractivity contribution in [3.63, 3.8) is 0 Å². The average molecular weight is 675 g/mol. The Balaban J connectivity index is 1.12. The number of ketones is 1. The number of nitrogens with one attached hydrogen (secondary N) is 4. The predicted octanol–water partition coefficient (Wildman–Crippen LogP) is 0.618. The Bertz CT molecular complexity index is 3030. The van der Waals surface area contributed by atoms with Gasteiger partial charge in [-0.3, -0.25) is 14.8 Å². The van der Waals surface area contributed by atoms with E-state index in [0.29, 0.717) is 6.42 Å². The highest BCUT2D eigenvalue weighted by atomic mass is 16.1. The number of H-pyrrole nitrogens is 3. The highest BCUT2D eigenvalue weighted by Crippen LogP contribution is 2.46. The molecule has 250 valence electrons. The smallest absolute Gasteiger partial charge is 0.145 e. The normalized spacial score (nSPS) is 26.4. The third kappa shape index (κ3) is 4.25. The molecule has 8 aliphatic rings. The molecule has 4 N–H and O–H groups in total. The summed E-state index contributed by atoms with van der Waals surface area (Å²) in [5.41, 5.74) is 10.8. The van der Waals surface area contributed by atoms with Gasteiger partial charge in [-0.2, -0.15) is 0 Å². The molecule has 18 bridgehead atoms. The molecule has 0 saturated carbocycles. The van der Waals surface area contributed by atoms with Gasteiger partial charge < -0.3 is 30.2 Å². The highest BCUT2D eigenvalue weighted by molar-refractivity contribution is 6.19. The summed E-state index contributed by atoms with van der Waals surface area (Å²) < 4.78 is 0. The maximum absolute atomic E-state index is 14.3. The van der Waals surface area contributed by atoms with E-state index in [1.165, 1.54) is 0 Å². The summed E-state index contributed by atoms with van der Waals surface area (Å²) in [6, 6.07) is 12.4. The van der Waals surface area contributed by atoms with Crippen molar-refractivity contribution in [1.29, 1.82) is 0 Å². The zero-order valence-electron chi connectivity index (χ0n) is 27.8. The number of hydrogen-bond donors (Lipinski definition) is 4. The van der Waals surface area contributed by atoms with Crippen molar-refractivity contribution in [1.82, 2.24) is 30.2 Å². The Morgan fingerprint density at radius 1 is 0.596 bits per heavy atom. The number of allylic oxidation sites excluding steroid dienone is 3. The zero-order valence-corrected chi connectivity index (χ0v) is 27.8. The first-order chi connectivity index (χ1) is 25.5. The van der Waals surface area contributed by atoms with Crippen molar-refractivity contribution < 1.29 is 4.79 Å². The van der Waals surface area contributed by atoms with Gasteiger partial charge in [0.1, 0.15) is 5.78 Å². The molecule has 5 aliphatic heterocycles. The molecule has 52 heavy (non-hydrogen) atoms. The second-order valence-corrected chi connectivity index (χ2v) is 14.5. The lowest BCUT2D eigenvalue weighted by atomic mass is 9.64. The lowest BCUT2D eigenvalue weighted by Gasteiger charge is -2.39. The van der Waals surface area contributed by atoms with E-state index in [2.05, 4.69) is 130 Å². The number of Topliss-reactive ketones (excluding diaryl/α,β-unsaturated/α-hetero) is 1. The Morgan fingerprint density at radius 3 is 1.98 bits per heavy atom. The molecule has 9 heteroatoms. The molecule has 9 nitrogen and oxygen atoms in total.